The third-order valence-corrected chi connectivity index (χ3v) is 1.87. The number of rotatable bonds is 1. The summed E-state index contributed by atoms with van der Waals surface area (Å²) in [6, 6.07) is 0. The Morgan fingerprint density at radius 3 is 2.58 bits per heavy atom. The second kappa shape index (κ2) is 4.91. The van der Waals surface area contributed by atoms with Crippen LogP contribution in [0.5, 0.6) is 0 Å². The summed E-state index contributed by atoms with van der Waals surface area (Å²) >= 11 is 0. The first-order chi connectivity index (χ1) is 5.84. The number of nitrogens with zero attached hydrogens (tertiary/aromatic N) is 2. The third kappa shape index (κ3) is 2.64. The number of nitrogens with one attached hydrogen (secondary N) is 1. The maximum absolute atomic E-state index is 4.43. The van der Waals surface area contributed by atoms with Crippen molar-refractivity contribution in [2.75, 3.05) is 19.6 Å². The zero-order chi connectivity index (χ0) is 8.81. The van der Waals surface area contributed by atoms with E-state index in [4.69, 9.17) is 0 Å². The number of hydrogen-bond donors (Lipinski definition) is 1. The van der Waals surface area contributed by atoms with Gasteiger partial charge in [-0.1, -0.05) is 0 Å². The predicted octanol–water partition coefficient (Wildman–Crippen LogP) is 1.25. The lowest BCUT2D eigenvalue weighted by Crippen LogP contribution is -2.30. The number of aliphatic imine (C=N–C) groups is 2. The summed E-state index contributed by atoms with van der Waals surface area (Å²) in [4.78, 5) is 8.84. The largest absolute Gasteiger partial charge is 0.369 e. The van der Waals surface area contributed by atoms with Crippen LogP contribution in [0.3, 0.4) is 0 Å². The van der Waals surface area contributed by atoms with Crippen molar-refractivity contribution in [2.24, 2.45) is 9.98 Å². The molecule has 0 aliphatic carbocycles. The van der Waals surface area contributed by atoms with Gasteiger partial charge < -0.3 is 5.32 Å². The van der Waals surface area contributed by atoms with Crippen molar-refractivity contribution in [3.05, 3.63) is 0 Å². The van der Waals surface area contributed by atoms with Crippen LogP contribution in [0.15, 0.2) is 9.98 Å². The molecule has 1 aliphatic rings. The lowest BCUT2D eigenvalue weighted by molar-refractivity contribution is 0.747. The Morgan fingerprint density at radius 1 is 1.25 bits per heavy atom. The Hall–Kier alpha value is -0.860. The molecular weight excluding hydrogens is 150 g/mol. The summed E-state index contributed by atoms with van der Waals surface area (Å²) in [6.07, 6.45) is 2.33. The lowest BCUT2D eigenvalue weighted by atomic mass is 10.2. The monoisotopic (exact) mass is 167 g/mol. The molecule has 1 N–H and O–H groups in total. The smallest absolute Gasteiger partial charge is 0.142 e. The fourth-order valence-electron chi connectivity index (χ4n) is 1.20. The van der Waals surface area contributed by atoms with Crippen LogP contribution in [0.4, 0.5) is 0 Å². The molecule has 1 rings (SSSR count). The Balaban J connectivity index is 2.63. The van der Waals surface area contributed by atoms with E-state index in [0.29, 0.717) is 0 Å². The van der Waals surface area contributed by atoms with Crippen molar-refractivity contribution in [3.63, 3.8) is 0 Å². The molecular formula is C9H17N3. The van der Waals surface area contributed by atoms with Crippen LogP contribution < -0.4 is 5.32 Å². The highest BCUT2D eigenvalue weighted by Crippen LogP contribution is 1.96. The topological polar surface area (TPSA) is 36.8 Å². The standard InChI is InChI=1S/C9H17N3/c1-3-10-9-8(2)11-6-4-5-7-12-9/h3-7H2,1-2H3,(H,10,12). The van der Waals surface area contributed by atoms with Gasteiger partial charge in [-0.15, -0.1) is 0 Å². The molecule has 0 saturated heterocycles. The maximum atomic E-state index is 4.43. The fourth-order valence-corrected chi connectivity index (χ4v) is 1.20. The molecule has 0 radical (unpaired) electrons. The van der Waals surface area contributed by atoms with Gasteiger partial charge in [-0.3, -0.25) is 9.98 Å². The van der Waals surface area contributed by atoms with E-state index in [9.17, 15) is 0 Å². The molecule has 0 fully saturated rings. The van der Waals surface area contributed by atoms with Gasteiger partial charge in [-0.2, -0.15) is 0 Å². The highest BCUT2D eigenvalue weighted by molar-refractivity contribution is 6.40. The average molecular weight is 167 g/mol. The summed E-state index contributed by atoms with van der Waals surface area (Å²) in [5.74, 6) is 0.984. The van der Waals surface area contributed by atoms with E-state index in [-0.39, 0.29) is 0 Å². The number of amidine groups is 1. The van der Waals surface area contributed by atoms with E-state index in [0.717, 1.165) is 37.6 Å². The summed E-state index contributed by atoms with van der Waals surface area (Å²) in [7, 11) is 0. The van der Waals surface area contributed by atoms with Gasteiger partial charge in [0.2, 0.25) is 0 Å². The highest BCUT2D eigenvalue weighted by Gasteiger charge is 2.03. The van der Waals surface area contributed by atoms with Gasteiger partial charge in [0, 0.05) is 19.6 Å². The quantitative estimate of drug-likeness (QED) is 0.627. The molecule has 0 aromatic rings. The normalized spacial score (nSPS) is 18.8. The maximum Gasteiger partial charge on any atom is 0.142 e. The minimum absolute atomic E-state index is 0.922. The molecule has 68 valence electrons. The Morgan fingerprint density at radius 2 is 1.92 bits per heavy atom. The van der Waals surface area contributed by atoms with Crippen molar-refractivity contribution in [3.8, 4) is 0 Å². The van der Waals surface area contributed by atoms with Crippen LogP contribution in [0.25, 0.3) is 0 Å². The minimum atomic E-state index is 0.922. The molecule has 0 saturated carbocycles. The number of hydrogen-bond acceptors (Lipinski definition) is 3. The van der Waals surface area contributed by atoms with Crippen LogP contribution >= 0.6 is 0 Å². The third-order valence-electron chi connectivity index (χ3n) is 1.87. The van der Waals surface area contributed by atoms with Crippen LogP contribution in [0.2, 0.25) is 0 Å². The average Bonchev–Trinajstić information content (AvgIpc) is 2.05. The second-order valence-corrected chi connectivity index (χ2v) is 2.93. The van der Waals surface area contributed by atoms with Crippen molar-refractivity contribution >= 4 is 11.5 Å². The van der Waals surface area contributed by atoms with Crippen LogP contribution in [0.1, 0.15) is 26.7 Å². The Bertz CT molecular complexity index is 194. The van der Waals surface area contributed by atoms with E-state index in [2.05, 4.69) is 22.2 Å². The molecule has 12 heavy (non-hydrogen) atoms. The van der Waals surface area contributed by atoms with Gasteiger partial charge in [0.05, 0.1) is 5.71 Å². The Labute approximate surface area is 74.0 Å². The summed E-state index contributed by atoms with van der Waals surface area (Å²) in [6.45, 7) is 6.92. The summed E-state index contributed by atoms with van der Waals surface area (Å²) in [5, 5.41) is 3.22. The van der Waals surface area contributed by atoms with Gasteiger partial charge in [-0.05, 0) is 26.7 Å². The van der Waals surface area contributed by atoms with Gasteiger partial charge in [0.1, 0.15) is 5.84 Å². The minimum Gasteiger partial charge on any atom is -0.369 e. The van der Waals surface area contributed by atoms with E-state index >= 15 is 0 Å². The summed E-state index contributed by atoms with van der Waals surface area (Å²) in [5.41, 5.74) is 1.05. The first-order valence-electron chi connectivity index (χ1n) is 4.64. The SMILES string of the molecule is CCNC1=NCCCCN=C1C. The lowest BCUT2D eigenvalue weighted by Gasteiger charge is -2.10. The molecule has 0 bridgehead atoms. The molecule has 1 heterocycles. The molecule has 3 nitrogen and oxygen atoms in total. The first kappa shape index (κ1) is 9.23. The molecule has 0 aromatic carbocycles. The van der Waals surface area contributed by atoms with Gasteiger partial charge in [0.25, 0.3) is 0 Å². The van der Waals surface area contributed by atoms with Crippen molar-refractivity contribution in [1.29, 1.82) is 0 Å². The van der Waals surface area contributed by atoms with Gasteiger partial charge in [-0.25, -0.2) is 0 Å². The zero-order valence-corrected chi connectivity index (χ0v) is 7.93. The van der Waals surface area contributed by atoms with Crippen LogP contribution in [-0.2, 0) is 0 Å². The van der Waals surface area contributed by atoms with E-state index < -0.39 is 0 Å². The van der Waals surface area contributed by atoms with E-state index in [1.807, 2.05) is 6.92 Å². The molecule has 0 atom stereocenters. The molecule has 0 amide bonds. The van der Waals surface area contributed by atoms with E-state index in [1.54, 1.807) is 0 Å². The predicted molar refractivity (Wildman–Crippen MR) is 53.2 cm³/mol. The van der Waals surface area contributed by atoms with Crippen LogP contribution in [0, 0.1) is 0 Å². The van der Waals surface area contributed by atoms with Crippen molar-refractivity contribution < 1.29 is 0 Å². The van der Waals surface area contributed by atoms with Crippen molar-refractivity contribution in [2.45, 2.75) is 26.7 Å². The Kier molecular flexibility index (Phi) is 3.77. The zero-order valence-electron chi connectivity index (χ0n) is 7.93. The van der Waals surface area contributed by atoms with Gasteiger partial charge in [0.15, 0.2) is 0 Å². The molecule has 0 unspecified atom stereocenters. The van der Waals surface area contributed by atoms with Gasteiger partial charge >= 0.3 is 0 Å². The first-order valence-corrected chi connectivity index (χ1v) is 4.64. The fraction of sp³-hybridized carbons (Fsp3) is 0.778. The van der Waals surface area contributed by atoms with Crippen molar-refractivity contribution in [1.82, 2.24) is 5.32 Å². The highest BCUT2D eigenvalue weighted by atomic mass is 15.0. The van der Waals surface area contributed by atoms with Crippen LogP contribution in [-0.4, -0.2) is 31.2 Å². The summed E-state index contributed by atoms with van der Waals surface area (Å²) < 4.78 is 0. The van der Waals surface area contributed by atoms with E-state index in [1.165, 1.54) is 6.42 Å². The molecule has 0 aromatic heterocycles. The molecule has 0 spiro atoms. The molecule has 3 heteroatoms. The second-order valence-electron chi connectivity index (χ2n) is 2.93. The molecule has 1 aliphatic heterocycles.